The molecule has 3 nitrogen and oxygen atoms in total. The highest BCUT2D eigenvalue weighted by Gasteiger charge is 2.10. The molecule has 0 aliphatic carbocycles. The molecule has 4 heteroatoms. The van der Waals surface area contributed by atoms with E-state index < -0.39 is 0 Å². The Hall–Kier alpha value is -0.330. The minimum atomic E-state index is 0.424. The number of benzene rings is 1. The van der Waals surface area contributed by atoms with Crippen LogP contribution >= 0.6 is 22.6 Å². The molecule has 0 radical (unpaired) electrons. The van der Waals surface area contributed by atoms with Crippen LogP contribution in [-0.2, 0) is 11.2 Å². The lowest BCUT2D eigenvalue weighted by atomic mass is 10.1. The Morgan fingerprint density at radius 2 is 2.06 bits per heavy atom. The zero-order chi connectivity index (χ0) is 12.1. The monoisotopic (exact) mass is 347 g/mol. The summed E-state index contributed by atoms with van der Waals surface area (Å²) < 4.78 is 6.50. The lowest BCUT2D eigenvalue weighted by Crippen LogP contribution is -2.36. The first-order chi connectivity index (χ1) is 8.25. The van der Waals surface area contributed by atoms with Crippen molar-refractivity contribution in [3.05, 3.63) is 27.3 Å². The van der Waals surface area contributed by atoms with E-state index in [1.807, 2.05) is 6.07 Å². The summed E-state index contributed by atoms with van der Waals surface area (Å²) in [5.41, 5.74) is 1.06. The van der Waals surface area contributed by atoms with E-state index in [1.54, 1.807) is 6.07 Å². The van der Waals surface area contributed by atoms with Crippen molar-refractivity contribution in [2.45, 2.75) is 12.8 Å². The van der Waals surface area contributed by atoms with Crippen LogP contribution in [0.1, 0.15) is 12.0 Å². The lowest BCUT2D eigenvalue weighted by Gasteiger charge is -2.26. The molecule has 1 saturated heterocycles. The fourth-order valence-corrected chi connectivity index (χ4v) is 2.63. The van der Waals surface area contributed by atoms with E-state index in [0.717, 1.165) is 51.3 Å². The van der Waals surface area contributed by atoms with Crippen molar-refractivity contribution in [1.82, 2.24) is 4.90 Å². The van der Waals surface area contributed by atoms with Crippen LogP contribution in [0.2, 0.25) is 0 Å². The zero-order valence-corrected chi connectivity index (χ0v) is 12.0. The van der Waals surface area contributed by atoms with E-state index >= 15 is 0 Å². The van der Waals surface area contributed by atoms with E-state index in [4.69, 9.17) is 4.74 Å². The smallest absolute Gasteiger partial charge is 0.118 e. The molecule has 1 aromatic carbocycles. The molecule has 1 N–H and O–H groups in total. The Morgan fingerprint density at radius 1 is 1.29 bits per heavy atom. The molecular weight excluding hydrogens is 329 g/mol. The third-order valence-electron chi connectivity index (χ3n) is 3.07. The Kier molecular flexibility index (Phi) is 5.06. The number of aryl methyl sites for hydroxylation is 1. The van der Waals surface area contributed by atoms with Gasteiger partial charge in [0.15, 0.2) is 0 Å². The molecule has 1 aromatic rings. The fraction of sp³-hybridized carbons (Fsp3) is 0.538. The molecule has 17 heavy (non-hydrogen) atoms. The number of nitrogens with zero attached hydrogens (tertiary/aromatic N) is 1. The van der Waals surface area contributed by atoms with E-state index in [0.29, 0.717) is 5.75 Å². The quantitative estimate of drug-likeness (QED) is 0.849. The van der Waals surface area contributed by atoms with Crippen molar-refractivity contribution in [3.8, 4) is 5.75 Å². The molecule has 1 fully saturated rings. The normalized spacial score (nSPS) is 17.2. The van der Waals surface area contributed by atoms with Gasteiger partial charge in [0, 0.05) is 16.7 Å². The predicted octanol–water partition coefficient (Wildman–Crippen LogP) is 2.26. The third kappa shape index (κ3) is 4.12. The second-order valence-corrected chi connectivity index (χ2v) is 5.58. The number of phenols is 1. The number of hydrogen-bond donors (Lipinski definition) is 1. The molecule has 1 aliphatic heterocycles. The van der Waals surface area contributed by atoms with Crippen LogP contribution in [0.4, 0.5) is 0 Å². The molecule has 0 unspecified atom stereocenters. The van der Waals surface area contributed by atoms with Crippen LogP contribution in [0, 0.1) is 3.57 Å². The number of halogens is 1. The largest absolute Gasteiger partial charge is 0.508 e. The molecular formula is C13H18INO2. The van der Waals surface area contributed by atoms with Gasteiger partial charge in [0.2, 0.25) is 0 Å². The standard InChI is InChI=1S/C13H18INO2/c14-12-3-4-13(16)11(10-12)2-1-5-15-6-8-17-9-7-15/h3-4,10,16H,1-2,5-9H2. The first-order valence-electron chi connectivity index (χ1n) is 6.03. The summed E-state index contributed by atoms with van der Waals surface area (Å²) in [5, 5.41) is 9.73. The van der Waals surface area contributed by atoms with Crippen LogP contribution in [0.5, 0.6) is 5.75 Å². The summed E-state index contributed by atoms with van der Waals surface area (Å²) in [5.74, 6) is 0.424. The SMILES string of the molecule is Oc1ccc(I)cc1CCCN1CCOCC1. The van der Waals surface area contributed by atoms with Crippen LogP contribution < -0.4 is 0 Å². The van der Waals surface area contributed by atoms with Crippen molar-refractivity contribution in [3.63, 3.8) is 0 Å². The number of hydrogen-bond acceptors (Lipinski definition) is 3. The number of ether oxygens (including phenoxy) is 1. The average Bonchev–Trinajstić information content (AvgIpc) is 2.35. The maximum absolute atomic E-state index is 9.73. The molecule has 0 saturated carbocycles. The van der Waals surface area contributed by atoms with Crippen molar-refractivity contribution in [2.24, 2.45) is 0 Å². The summed E-state index contributed by atoms with van der Waals surface area (Å²) >= 11 is 2.28. The number of morpholine rings is 1. The van der Waals surface area contributed by atoms with E-state index in [1.165, 1.54) is 3.57 Å². The molecule has 1 aliphatic rings. The Balaban J connectivity index is 1.79. The molecule has 1 heterocycles. The molecule has 94 valence electrons. The van der Waals surface area contributed by atoms with Gasteiger partial charge in [0.25, 0.3) is 0 Å². The second kappa shape index (κ2) is 6.56. The minimum absolute atomic E-state index is 0.424. The van der Waals surface area contributed by atoms with Crippen LogP contribution in [0.25, 0.3) is 0 Å². The van der Waals surface area contributed by atoms with Crippen molar-refractivity contribution < 1.29 is 9.84 Å². The topological polar surface area (TPSA) is 32.7 Å². The average molecular weight is 347 g/mol. The summed E-state index contributed by atoms with van der Waals surface area (Å²) in [7, 11) is 0. The zero-order valence-electron chi connectivity index (χ0n) is 9.86. The molecule has 0 amide bonds. The maximum atomic E-state index is 9.73. The number of rotatable bonds is 4. The van der Waals surface area contributed by atoms with Crippen molar-refractivity contribution >= 4 is 22.6 Å². The van der Waals surface area contributed by atoms with Gasteiger partial charge >= 0.3 is 0 Å². The Labute approximate surface area is 116 Å². The van der Waals surface area contributed by atoms with Gasteiger partial charge in [-0.05, 0) is 65.7 Å². The maximum Gasteiger partial charge on any atom is 0.118 e. The van der Waals surface area contributed by atoms with Gasteiger partial charge in [0.05, 0.1) is 13.2 Å². The van der Waals surface area contributed by atoms with E-state index in [9.17, 15) is 5.11 Å². The first kappa shape index (κ1) is 13.1. The molecule has 0 atom stereocenters. The predicted molar refractivity (Wildman–Crippen MR) is 76.4 cm³/mol. The highest BCUT2D eigenvalue weighted by molar-refractivity contribution is 14.1. The van der Waals surface area contributed by atoms with Gasteiger partial charge in [-0.25, -0.2) is 0 Å². The van der Waals surface area contributed by atoms with Crippen molar-refractivity contribution in [2.75, 3.05) is 32.8 Å². The summed E-state index contributed by atoms with van der Waals surface area (Å²) in [4.78, 5) is 2.43. The van der Waals surface area contributed by atoms with Gasteiger partial charge in [-0.1, -0.05) is 0 Å². The van der Waals surface area contributed by atoms with Crippen LogP contribution in [0.15, 0.2) is 18.2 Å². The summed E-state index contributed by atoms with van der Waals surface area (Å²) in [6, 6.07) is 5.78. The van der Waals surface area contributed by atoms with Gasteiger partial charge in [-0.3, -0.25) is 4.90 Å². The van der Waals surface area contributed by atoms with E-state index in [2.05, 4.69) is 33.6 Å². The summed E-state index contributed by atoms with van der Waals surface area (Å²) in [6.45, 7) is 4.88. The lowest BCUT2D eigenvalue weighted by molar-refractivity contribution is 0.0374. The van der Waals surface area contributed by atoms with Crippen LogP contribution in [0.3, 0.4) is 0 Å². The molecule has 0 spiro atoms. The third-order valence-corrected chi connectivity index (χ3v) is 3.74. The van der Waals surface area contributed by atoms with Crippen LogP contribution in [-0.4, -0.2) is 42.9 Å². The Morgan fingerprint density at radius 3 is 2.82 bits per heavy atom. The second-order valence-electron chi connectivity index (χ2n) is 4.33. The number of phenolic OH excluding ortho intramolecular Hbond substituents is 1. The van der Waals surface area contributed by atoms with E-state index in [-0.39, 0.29) is 0 Å². The van der Waals surface area contributed by atoms with Gasteiger partial charge in [0.1, 0.15) is 5.75 Å². The highest BCUT2D eigenvalue weighted by atomic mass is 127. The fourth-order valence-electron chi connectivity index (χ4n) is 2.07. The number of aromatic hydroxyl groups is 1. The van der Waals surface area contributed by atoms with Gasteiger partial charge < -0.3 is 9.84 Å². The van der Waals surface area contributed by atoms with Gasteiger partial charge in [-0.2, -0.15) is 0 Å². The van der Waals surface area contributed by atoms with Crippen molar-refractivity contribution in [1.29, 1.82) is 0 Å². The molecule has 0 bridgehead atoms. The summed E-state index contributed by atoms with van der Waals surface area (Å²) in [6.07, 6.45) is 2.04. The highest BCUT2D eigenvalue weighted by Crippen LogP contribution is 2.21. The Bertz CT molecular complexity index is 364. The van der Waals surface area contributed by atoms with Gasteiger partial charge in [-0.15, -0.1) is 0 Å². The minimum Gasteiger partial charge on any atom is -0.508 e. The molecule has 2 rings (SSSR count). The molecule has 0 aromatic heterocycles. The first-order valence-corrected chi connectivity index (χ1v) is 7.11.